The second-order valence-corrected chi connectivity index (χ2v) is 5.13. The van der Waals surface area contributed by atoms with Gasteiger partial charge in [0.1, 0.15) is 0 Å². The van der Waals surface area contributed by atoms with E-state index < -0.39 is 0 Å². The summed E-state index contributed by atoms with van der Waals surface area (Å²) >= 11 is 0. The standard InChI is InChI=1S/C14H21N3O/c1-11(15)8-12-4-3-5-13(9-12)17-7-6-16(2)10-14(17)18/h3-5,9,11H,6-8,10,15H2,1-2H3. The maximum atomic E-state index is 12.0. The molecule has 1 amide bonds. The first-order valence-electron chi connectivity index (χ1n) is 6.39. The lowest BCUT2D eigenvalue weighted by atomic mass is 10.1. The zero-order chi connectivity index (χ0) is 13.1. The fourth-order valence-corrected chi connectivity index (χ4v) is 2.29. The van der Waals surface area contributed by atoms with Gasteiger partial charge in [-0.1, -0.05) is 12.1 Å². The first kappa shape index (κ1) is 13.1. The van der Waals surface area contributed by atoms with Crippen molar-refractivity contribution < 1.29 is 4.79 Å². The number of anilines is 1. The van der Waals surface area contributed by atoms with Gasteiger partial charge in [-0.3, -0.25) is 9.69 Å². The van der Waals surface area contributed by atoms with Crippen molar-refractivity contribution in [1.82, 2.24) is 4.90 Å². The van der Waals surface area contributed by atoms with Crippen molar-refractivity contribution in [3.63, 3.8) is 0 Å². The van der Waals surface area contributed by atoms with E-state index in [9.17, 15) is 4.79 Å². The van der Waals surface area contributed by atoms with Crippen LogP contribution in [-0.2, 0) is 11.2 Å². The van der Waals surface area contributed by atoms with Crippen LogP contribution in [0.25, 0.3) is 0 Å². The minimum Gasteiger partial charge on any atom is -0.328 e. The molecule has 0 radical (unpaired) electrons. The highest BCUT2D eigenvalue weighted by Crippen LogP contribution is 2.19. The number of carbonyl (C=O) groups is 1. The summed E-state index contributed by atoms with van der Waals surface area (Å²) in [7, 11) is 1.97. The van der Waals surface area contributed by atoms with Gasteiger partial charge in [0.15, 0.2) is 0 Å². The van der Waals surface area contributed by atoms with Crippen molar-refractivity contribution >= 4 is 11.6 Å². The van der Waals surface area contributed by atoms with Gasteiger partial charge in [0.25, 0.3) is 0 Å². The number of carbonyl (C=O) groups excluding carboxylic acids is 1. The van der Waals surface area contributed by atoms with Crippen LogP contribution in [0.4, 0.5) is 5.69 Å². The van der Waals surface area contributed by atoms with Gasteiger partial charge >= 0.3 is 0 Å². The molecule has 4 nitrogen and oxygen atoms in total. The number of nitrogens with zero attached hydrogens (tertiary/aromatic N) is 2. The Morgan fingerprint density at radius 2 is 2.17 bits per heavy atom. The molecule has 0 spiro atoms. The normalized spacial score (nSPS) is 19.1. The number of hydrogen-bond donors (Lipinski definition) is 1. The molecule has 4 heteroatoms. The lowest BCUT2D eigenvalue weighted by Crippen LogP contribution is -2.48. The first-order chi connectivity index (χ1) is 8.56. The zero-order valence-electron chi connectivity index (χ0n) is 11.1. The van der Waals surface area contributed by atoms with Crippen LogP contribution in [-0.4, -0.2) is 43.5 Å². The molecule has 0 aromatic heterocycles. The molecule has 1 heterocycles. The highest BCUT2D eigenvalue weighted by atomic mass is 16.2. The smallest absolute Gasteiger partial charge is 0.241 e. The molecule has 0 saturated carbocycles. The lowest BCUT2D eigenvalue weighted by Gasteiger charge is -2.32. The molecular formula is C14H21N3O. The van der Waals surface area contributed by atoms with Gasteiger partial charge in [0.2, 0.25) is 5.91 Å². The topological polar surface area (TPSA) is 49.6 Å². The number of hydrogen-bond acceptors (Lipinski definition) is 3. The molecule has 0 aliphatic carbocycles. The Kier molecular flexibility index (Phi) is 3.99. The summed E-state index contributed by atoms with van der Waals surface area (Å²) in [5.41, 5.74) is 7.99. The molecule has 1 unspecified atom stereocenters. The molecule has 2 N–H and O–H groups in total. The van der Waals surface area contributed by atoms with E-state index in [-0.39, 0.29) is 11.9 Å². The van der Waals surface area contributed by atoms with Crippen LogP contribution in [0.15, 0.2) is 24.3 Å². The van der Waals surface area contributed by atoms with Crippen LogP contribution in [0.2, 0.25) is 0 Å². The quantitative estimate of drug-likeness (QED) is 0.861. The van der Waals surface area contributed by atoms with E-state index in [4.69, 9.17) is 5.73 Å². The van der Waals surface area contributed by atoms with E-state index >= 15 is 0 Å². The molecule has 18 heavy (non-hydrogen) atoms. The summed E-state index contributed by atoms with van der Waals surface area (Å²) in [5.74, 6) is 0.168. The van der Waals surface area contributed by atoms with Gasteiger partial charge in [-0.2, -0.15) is 0 Å². The molecule has 0 bridgehead atoms. The van der Waals surface area contributed by atoms with E-state index in [1.807, 2.05) is 35.9 Å². The third-order valence-electron chi connectivity index (χ3n) is 3.19. The van der Waals surface area contributed by atoms with E-state index in [2.05, 4.69) is 12.1 Å². The van der Waals surface area contributed by atoms with Crippen LogP contribution >= 0.6 is 0 Å². The summed E-state index contributed by atoms with van der Waals surface area (Å²) < 4.78 is 0. The highest BCUT2D eigenvalue weighted by molar-refractivity contribution is 5.95. The summed E-state index contributed by atoms with van der Waals surface area (Å²) in [5, 5.41) is 0. The van der Waals surface area contributed by atoms with Crippen LogP contribution in [0.5, 0.6) is 0 Å². The summed E-state index contributed by atoms with van der Waals surface area (Å²) in [4.78, 5) is 15.9. The molecule has 1 atom stereocenters. The minimum absolute atomic E-state index is 0.142. The average Bonchev–Trinajstić information content (AvgIpc) is 2.28. The Morgan fingerprint density at radius 3 is 2.83 bits per heavy atom. The van der Waals surface area contributed by atoms with Crippen molar-refractivity contribution in [3.8, 4) is 0 Å². The maximum Gasteiger partial charge on any atom is 0.241 e. The number of benzene rings is 1. The summed E-state index contributed by atoms with van der Waals surface area (Å²) in [6, 6.07) is 8.27. The summed E-state index contributed by atoms with van der Waals surface area (Å²) in [6.45, 7) is 4.17. The Hall–Kier alpha value is -1.39. The predicted octanol–water partition coefficient (Wildman–Crippen LogP) is 0.855. The fourth-order valence-electron chi connectivity index (χ4n) is 2.29. The van der Waals surface area contributed by atoms with Gasteiger partial charge < -0.3 is 10.6 Å². The predicted molar refractivity (Wildman–Crippen MR) is 73.6 cm³/mol. The van der Waals surface area contributed by atoms with Crippen molar-refractivity contribution in [2.75, 3.05) is 31.6 Å². The average molecular weight is 247 g/mol. The van der Waals surface area contributed by atoms with Gasteiger partial charge in [-0.05, 0) is 38.1 Å². The molecule has 2 rings (SSSR count). The van der Waals surface area contributed by atoms with Crippen LogP contribution in [0.3, 0.4) is 0 Å². The van der Waals surface area contributed by atoms with Crippen LogP contribution < -0.4 is 10.6 Å². The van der Waals surface area contributed by atoms with Gasteiger partial charge in [0.05, 0.1) is 6.54 Å². The van der Waals surface area contributed by atoms with Crippen molar-refractivity contribution in [3.05, 3.63) is 29.8 Å². The second-order valence-electron chi connectivity index (χ2n) is 5.13. The number of amides is 1. The number of likely N-dealkylation sites (N-methyl/N-ethyl adjacent to an activating group) is 1. The van der Waals surface area contributed by atoms with Crippen LogP contribution in [0.1, 0.15) is 12.5 Å². The number of nitrogens with two attached hydrogens (primary N) is 1. The van der Waals surface area contributed by atoms with E-state index in [1.165, 1.54) is 5.56 Å². The molecule has 1 aromatic rings. The molecule has 1 saturated heterocycles. The lowest BCUT2D eigenvalue weighted by molar-refractivity contribution is -0.120. The van der Waals surface area contributed by atoms with Crippen molar-refractivity contribution in [2.24, 2.45) is 5.73 Å². The third-order valence-corrected chi connectivity index (χ3v) is 3.19. The van der Waals surface area contributed by atoms with Crippen molar-refractivity contribution in [1.29, 1.82) is 0 Å². The van der Waals surface area contributed by atoms with Crippen LogP contribution in [0, 0.1) is 0 Å². The third kappa shape index (κ3) is 3.09. The van der Waals surface area contributed by atoms with E-state index in [0.29, 0.717) is 6.54 Å². The zero-order valence-corrected chi connectivity index (χ0v) is 11.1. The molecule has 98 valence electrons. The Balaban J connectivity index is 2.15. The SMILES string of the molecule is CC(N)Cc1cccc(N2CCN(C)CC2=O)c1. The monoisotopic (exact) mass is 247 g/mol. The Morgan fingerprint density at radius 1 is 1.39 bits per heavy atom. The summed E-state index contributed by atoms with van der Waals surface area (Å²) in [6.07, 6.45) is 0.843. The Bertz CT molecular complexity index is 431. The van der Waals surface area contributed by atoms with Gasteiger partial charge in [-0.15, -0.1) is 0 Å². The molecular weight excluding hydrogens is 226 g/mol. The molecule has 1 aromatic carbocycles. The van der Waals surface area contributed by atoms with Gasteiger partial charge in [0, 0.05) is 24.8 Å². The van der Waals surface area contributed by atoms with Crippen molar-refractivity contribution in [2.45, 2.75) is 19.4 Å². The fraction of sp³-hybridized carbons (Fsp3) is 0.500. The Labute approximate surface area is 108 Å². The first-order valence-corrected chi connectivity index (χ1v) is 6.39. The van der Waals surface area contributed by atoms with E-state index in [1.54, 1.807) is 0 Å². The number of rotatable bonds is 3. The minimum atomic E-state index is 0.142. The maximum absolute atomic E-state index is 12.0. The molecule has 1 aliphatic rings. The largest absolute Gasteiger partial charge is 0.328 e. The number of piperazine rings is 1. The second kappa shape index (κ2) is 5.50. The van der Waals surface area contributed by atoms with Gasteiger partial charge in [-0.25, -0.2) is 0 Å². The molecule has 1 aliphatic heterocycles. The van der Waals surface area contributed by atoms with E-state index in [0.717, 1.165) is 25.2 Å². The molecule has 1 fully saturated rings. The highest BCUT2D eigenvalue weighted by Gasteiger charge is 2.22.